The summed E-state index contributed by atoms with van der Waals surface area (Å²) in [6.45, 7) is 0.238. The summed E-state index contributed by atoms with van der Waals surface area (Å²) in [5, 5.41) is 16.3. The quantitative estimate of drug-likeness (QED) is 0.395. The van der Waals surface area contributed by atoms with E-state index in [1.807, 2.05) is 36.4 Å². The molecule has 4 rings (SSSR count). The van der Waals surface area contributed by atoms with E-state index in [2.05, 4.69) is 27.8 Å². The van der Waals surface area contributed by atoms with Crippen LogP contribution in [0.2, 0.25) is 0 Å². The molecule has 0 aliphatic heterocycles. The van der Waals surface area contributed by atoms with E-state index in [1.165, 1.54) is 18.4 Å². The van der Waals surface area contributed by atoms with E-state index in [9.17, 15) is 14.4 Å². The number of ether oxygens (including phenoxy) is 2. The second-order valence-electron chi connectivity index (χ2n) is 7.95. The van der Waals surface area contributed by atoms with Crippen molar-refractivity contribution in [3.8, 4) is 11.1 Å². The van der Waals surface area contributed by atoms with Gasteiger partial charge in [0.2, 0.25) is 0 Å². The first-order valence-corrected chi connectivity index (χ1v) is 11.9. The number of carboxylic acids is 1. The molecule has 1 aliphatic carbocycles. The number of rotatable bonds is 10. The highest BCUT2D eigenvalue weighted by Gasteiger charge is 2.29. The maximum Gasteiger partial charge on any atom is 0.407 e. The van der Waals surface area contributed by atoms with Crippen molar-refractivity contribution in [2.75, 3.05) is 20.3 Å². The average molecular weight is 496 g/mol. The molecule has 2 amide bonds. The molecule has 1 heterocycles. The normalized spacial score (nSPS) is 12.9. The molecular formula is C25H25N3O6S. The van der Waals surface area contributed by atoms with E-state index in [0.717, 1.165) is 22.3 Å². The van der Waals surface area contributed by atoms with E-state index < -0.39 is 24.1 Å². The van der Waals surface area contributed by atoms with Crippen molar-refractivity contribution in [3.05, 3.63) is 75.7 Å². The van der Waals surface area contributed by atoms with Crippen molar-refractivity contribution in [3.63, 3.8) is 0 Å². The number of carbonyl (C=O) groups is 3. The number of thiazole rings is 1. The molecular weight excluding hydrogens is 470 g/mol. The standard InChI is InChI=1S/C25H25N3O6S/c1-33-21(24(31)26-12-22-28-15(14-35-22)10-23(29)30)11-27-25(32)34-13-20-18-8-4-2-6-16(18)17-7-3-5-9-19(17)20/h2-9,14,20-21H,10-13H2,1H3,(H,26,31)(H,27,32)(H,29,30). The lowest BCUT2D eigenvalue weighted by Crippen LogP contribution is -2.43. The lowest BCUT2D eigenvalue weighted by atomic mass is 9.98. The van der Waals surface area contributed by atoms with Crippen molar-refractivity contribution >= 4 is 29.3 Å². The van der Waals surface area contributed by atoms with Crippen LogP contribution < -0.4 is 10.6 Å². The third kappa shape index (κ3) is 5.84. The molecule has 2 aromatic carbocycles. The number of benzene rings is 2. The van der Waals surface area contributed by atoms with Gasteiger partial charge in [-0.3, -0.25) is 9.59 Å². The van der Waals surface area contributed by atoms with Crippen LogP contribution in [0.1, 0.15) is 27.7 Å². The highest BCUT2D eigenvalue weighted by atomic mass is 32.1. The van der Waals surface area contributed by atoms with Gasteiger partial charge in [0, 0.05) is 18.4 Å². The molecule has 3 aromatic rings. The predicted molar refractivity (Wildman–Crippen MR) is 129 cm³/mol. The molecule has 1 aliphatic rings. The molecule has 1 aromatic heterocycles. The Morgan fingerprint density at radius 3 is 2.34 bits per heavy atom. The predicted octanol–water partition coefficient (Wildman–Crippen LogP) is 2.94. The zero-order valence-corrected chi connectivity index (χ0v) is 19.8. The van der Waals surface area contributed by atoms with Crippen LogP contribution in [0.25, 0.3) is 11.1 Å². The average Bonchev–Trinajstić information content (AvgIpc) is 3.43. The van der Waals surface area contributed by atoms with Crippen LogP contribution in [0.3, 0.4) is 0 Å². The summed E-state index contributed by atoms with van der Waals surface area (Å²) in [4.78, 5) is 39.7. The Labute approximate surface area is 206 Å². The number of nitrogens with zero attached hydrogens (tertiary/aromatic N) is 1. The molecule has 0 saturated carbocycles. The number of hydrogen-bond donors (Lipinski definition) is 3. The monoisotopic (exact) mass is 495 g/mol. The Hall–Kier alpha value is -3.76. The highest BCUT2D eigenvalue weighted by Crippen LogP contribution is 2.44. The van der Waals surface area contributed by atoms with Gasteiger partial charge in [0.25, 0.3) is 5.91 Å². The number of nitrogens with one attached hydrogen (secondary N) is 2. The first-order chi connectivity index (χ1) is 17.0. The molecule has 182 valence electrons. The number of amides is 2. The van der Waals surface area contributed by atoms with E-state index in [1.54, 1.807) is 5.38 Å². The van der Waals surface area contributed by atoms with Gasteiger partial charge in [-0.15, -0.1) is 11.3 Å². The fourth-order valence-electron chi connectivity index (χ4n) is 4.05. The van der Waals surface area contributed by atoms with Gasteiger partial charge < -0.3 is 25.2 Å². The van der Waals surface area contributed by atoms with Gasteiger partial charge in [-0.05, 0) is 22.3 Å². The largest absolute Gasteiger partial charge is 0.481 e. The molecule has 9 nitrogen and oxygen atoms in total. The Kier molecular flexibility index (Phi) is 7.74. The molecule has 0 bridgehead atoms. The summed E-state index contributed by atoms with van der Waals surface area (Å²) in [6.07, 6.45) is -1.73. The first-order valence-electron chi connectivity index (χ1n) is 11.0. The third-order valence-electron chi connectivity index (χ3n) is 5.70. The minimum atomic E-state index is -0.968. The van der Waals surface area contributed by atoms with Gasteiger partial charge in [0.1, 0.15) is 11.6 Å². The molecule has 3 N–H and O–H groups in total. The van der Waals surface area contributed by atoms with Crippen LogP contribution in [0.4, 0.5) is 4.79 Å². The van der Waals surface area contributed by atoms with Gasteiger partial charge >= 0.3 is 12.1 Å². The number of alkyl carbamates (subject to hydrolysis) is 1. The maximum atomic E-state index is 12.4. The summed E-state index contributed by atoms with van der Waals surface area (Å²) in [6, 6.07) is 16.1. The number of methoxy groups -OCH3 is 1. The van der Waals surface area contributed by atoms with Crippen molar-refractivity contribution < 1.29 is 29.0 Å². The number of carbonyl (C=O) groups excluding carboxylic acids is 2. The number of aromatic nitrogens is 1. The Morgan fingerprint density at radius 2 is 1.71 bits per heavy atom. The van der Waals surface area contributed by atoms with Gasteiger partial charge in [-0.1, -0.05) is 48.5 Å². The summed E-state index contributed by atoms with van der Waals surface area (Å²) < 4.78 is 10.7. The van der Waals surface area contributed by atoms with Crippen molar-refractivity contribution in [1.82, 2.24) is 15.6 Å². The van der Waals surface area contributed by atoms with Crippen molar-refractivity contribution in [1.29, 1.82) is 0 Å². The van der Waals surface area contributed by atoms with Crippen LogP contribution in [-0.2, 0) is 32.0 Å². The first kappa shape index (κ1) is 24.4. The highest BCUT2D eigenvalue weighted by molar-refractivity contribution is 7.09. The minimum absolute atomic E-state index is 0.0565. The molecule has 35 heavy (non-hydrogen) atoms. The molecule has 10 heteroatoms. The Morgan fingerprint density at radius 1 is 1.06 bits per heavy atom. The number of carboxylic acid groups (broad SMARTS) is 1. The van der Waals surface area contributed by atoms with Gasteiger partial charge in [-0.2, -0.15) is 0 Å². The maximum absolute atomic E-state index is 12.4. The van der Waals surface area contributed by atoms with Crippen LogP contribution in [0, 0.1) is 0 Å². The summed E-state index contributed by atoms with van der Waals surface area (Å²) in [7, 11) is 1.37. The van der Waals surface area contributed by atoms with E-state index in [4.69, 9.17) is 14.6 Å². The Balaban J connectivity index is 1.26. The molecule has 1 unspecified atom stereocenters. The van der Waals surface area contributed by atoms with Crippen LogP contribution in [-0.4, -0.2) is 54.4 Å². The lowest BCUT2D eigenvalue weighted by molar-refractivity contribution is -0.136. The minimum Gasteiger partial charge on any atom is -0.481 e. The molecule has 1 atom stereocenters. The summed E-state index contributed by atoms with van der Waals surface area (Å²) >= 11 is 1.26. The van der Waals surface area contributed by atoms with Gasteiger partial charge in [-0.25, -0.2) is 9.78 Å². The fraction of sp³-hybridized carbons (Fsp3) is 0.280. The topological polar surface area (TPSA) is 127 Å². The zero-order chi connectivity index (χ0) is 24.8. The third-order valence-corrected chi connectivity index (χ3v) is 6.60. The van der Waals surface area contributed by atoms with Gasteiger partial charge in [0.05, 0.1) is 25.2 Å². The number of fused-ring (bicyclic) bond motifs is 3. The summed E-state index contributed by atoms with van der Waals surface area (Å²) in [5.41, 5.74) is 4.95. The lowest BCUT2D eigenvalue weighted by Gasteiger charge is -2.17. The van der Waals surface area contributed by atoms with Crippen LogP contribution in [0.15, 0.2) is 53.9 Å². The zero-order valence-electron chi connectivity index (χ0n) is 19.0. The fourth-order valence-corrected chi connectivity index (χ4v) is 4.78. The second-order valence-corrected chi connectivity index (χ2v) is 8.89. The van der Waals surface area contributed by atoms with Crippen LogP contribution >= 0.6 is 11.3 Å². The van der Waals surface area contributed by atoms with Crippen molar-refractivity contribution in [2.45, 2.75) is 25.0 Å². The smallest absolute Gasteiger partial charge is 0.407 e. The SMILES string of the molecule is COC(CNC(=O)OCC1c2ccccc2-c2ccccc21)C(=O)NCc1nc(CC(=O)O)cs1. The van der Waals surface area contributed by atoms with Crippen LogP contribution in [0.5, 0.6) is 0 Å². The molecule has 0 saturated heterocycles. The van der Waals surface area contributed by atoms with E-state index in [-0.39, 0.29) is 32.0 Å². The molecule has 0 spiro atoms. The molecule has 0 fully saturated rings. The van der Waals surface area contributed by atoms with E-state index in [0.29, 0.717) is 10.7 Å². The van der Waals surface area contributed by atoms with E-state index >= 15 is 0 Å². The van der Waals surface area contributed by atoms with Gasteiger partial charge in [0.15, 0.2) is 6.10 Å². The second kappa shape index (κ2) is 11.1. The van der Waals surface area contributed by atoms with Crippen molar-refractivity contribution in [2.24, 2.45) is 0 Å². The number of hydrogen-bond acceptors (Lipinski definition) is 7. The molecule has 0 radical (unpaired) electrons. The summed E-state index contributed by atoms with van der Waals surface area (Å²) in [5.74, 6) is -1.45. The Bertz CT molecular complexity index is 1180. The number of aliphatic carboxylic acids is 1.